The SMILES string of the molecule is CC(C)c1ccc(C(=O)O)cc1S(=O)(=O)N1CN(C)C(=O)C1C. The van der Waals surface area contributed by atoms with Gasteiger partial charge in [-0.15, -0.1) is 0 Å². The molecule has 0 aromatic heterocycles. The molecule has 1 N–H and O–H groups in total. The quantitative estimate of drug-likeness (QED) is 0.892. The van der Waals surface area contributed by atoms with E-state index < -0.39 is 22.0 Å². The Labute approximate surface area is 135 Å². The Kier molecular flexibility index (Phi) is 4.50. The Balaban J connectivity index is 2.61. The summed E-state index contributed by atoms with van der Waals surface area (Å²) >= 11 is 0. The van der Waals surface area contributed by atoms with Crippen LogP contribution < -0.4 is 0 Å². The van der Waals surface area contributed by atoms with E-state index in [4.69, 9.17) is 5.11 Å². The minimum Gasteiger partial charge on any atom is -0.478 e. The second-order valence-corrected chi connectivity index (χ2v) is 7.82. The van der Waals surface area contributed by atoms with E-state index in [2.05, 4.69) is 0 Å². The van der Waals surface area contributed by atoms with Gasteiger partial charge in [0.25, 0.3) is 0 Å². The largest absolute Gasteiger partial charge is 0.478 e. The minimum atomic E-state index is -3.98. The molecule has 0 bridgehead atoms. The third-order valence-corrected chi connectivity index (χ3v) is 5.94. The lowest BCUT2D eigenvalue weighted by Gasteiger charge is -2.22. The van der Waals surface area contributed by atoms with Crippen molar-refractivity contribution in [3.05, 3.63) is 29.3 Å². The van der Waals surface area contributed by atoms with E-state index in [0.717, 1.165) is 4.31 Å². The smallest absolute Gasteiger partial charge is 0.335 e. The zero-order valence-corrected chi connectivity index (χ0v) is 14.3. The maximum atomic E-state index is 13.0. The molecule has 1 aromatic rings. The third kappa shape index (κ3) is 2.96. The first-order valence-electron chi connectivity index (χ1n) is 7.21. The molecule has 7 nitrogen and oxygen atoms in total. The number of hydrogen-bond donors (Lipinski definition) is 1. The number of benzene rings is 1. The highest BCUT2D eigenvalue weighted by Crippen LogP contribution is 2.30. The Hall–Kier alpha value is -1.93. The topological polar surface area (TPSA) is 95.0 Å². The van der Waals surface area contributed by atoms with Gasteiger partial charge in [0.1, 0.15) is 6.04 Å². The number of carbonyl (C=O) groups excluding carboxylic acids is 1. The van der Waals surface area contributed by atoms with Crippen molar-refractivity contribution in [1.29, 1.82) is 0 Å². The predicted octanol–water partition coefficient (Wildman–Crippen LogP) is 1.32. The molecule has 1 aromatic carbocycles. The highest BCUT2D eigenvalue weighted by Gasteiger charge is 2.42. The summed E-state index contributed by atoms with van der Waals surface area (Å²) in [5, 5.41) is 9.14. The number of sulfonamides is 1. The highest BCUT2D eigenvalue weighted by molar-refractivity contribution is 7.89. The summed E-state index contributed by atoms with van der Waals surface area (Å²) < 4.78 is 27.1. The lowest BCUT2D eigenvalue weighted by molar-refractivity contribution is -0.127. The molecule has 0 aliphatic carbocycles. The molecule has 1 saturated heterocycles. The zero-order valence-electron chi connectivity index (χ0n) is 13.5. The number of carbonyl (C=O) groups is 2. The number of hydrogen-bond acceptors (Lipinski definition) is 4. The van der Waals surface area contributed by atoms with Crippen molar-refractivity contribution >= 4 is 21.9 Å². The summed E-state index contributed by atoms with van der Waals surface area (Å²) in [6.45, 7) is 5.15. The van der Waals surface area contributed by atoms with Gasteiger partial charge in [0, 0.05) is 7.05 Å². The summed E-state index contributed by atoms with van der Waals surface area (Å²) in [5.74, 6) is -1.58. The Morgan fingerprint density at radius 1 is 1.35 bits per heavy atom. The van der Waals surface area contributed by atoms with E-state index in [0.29, 0.717) is 5.56 Å². The predicted molar refractivity (Wildman–Crippen MR) is 83.6 cm³/mol. The maximum Gasteiger partial charge on any atom is 0.335 e. The van der Waals surface area contributed by atoms with Crippen LogP contribution in [-0.2, 0) is 14.8 Å². The number of carboxylic acids is 1. The lowest BCUT2D eigenvalue weighted by Crippen LogP contribution is -2.36. The first-order valence-corrected chi connectivity index (χ1v) is 8.65. The Morgan fingerprint density at radius 3 is 2.39 bits per heavy atom. The fraction of sp³-hybridized carbons (Fsp3) is 0.467. The molecule has 0 radical (unpaired) electrons. The van der Waals surface area contributed by atoms with Crippen LogP contribution in [0.25, 0.3) is 0 Å². The van der Waals surface area contributed by atoms with Crippen LogP contribution in [0.5, 0.6) is 0 Å². The van der Waals surface area contributed by atoms with Crippen LogP contribution in [0.1, 0.15) is 42.6 Å². The van der Waals surface area contributed by atoms with Crippen molar-refractivity contribution in [3.8, 4) is 0 Å². The number of rotatable bonds is 4. The van der Waals surface area contributed by atoms with Crippen LogP contribution in [0, 0.1) is 0 Å². The van der Waals surface area contributed by atoms with Crippen molar-refractivity contribution in [1.82, 2.24) is 9.21 Å². The summed E-state index contributed by atoms with van der Waals surface area (Å²) in [4.78, 5) is 24.4. The monoisotopic (exact) mass is 340 g/mol. The number of amides is 1. The van der Waals surface area contributed by atoms with Gasteiger partial charge in [-0.25, -0.2) is 13.2 Å². The third-order valence-electron chi connectivity index (χ3n) is 3.99. The second-order valence-electron chi connectivity index (χ2n) is 5.96. The van der Waals surface area contributed by atoms with Crippen LogP contribution in [-0.4, -0.2) is 54.4 Å². The lowest BCUT2D eigenvalue weighted by atomic mass is 10.0. The van der Waals surface area contributed by atoms with Gasteiger partial charge in [-0.2, -0.15) is 4.31 Å². The summed E-state index contributed by atoms with van der Waals surface area (Å²) in [6.07, 6.45) is 0. The fourth-order valence-corrected chi connectivity index (χ4v) is 4.58. The van der Waals surface area contributed by atoms with E-state index in [-0.39, 0.29) is 29.0 Å². The van der Waals surface area contributed by atoms with Crippen molar-refractivity contribution in [2.75, 3.05) is 13.7 Å². The number of carboxylic acid groups (broad SMARTS) is 1. The maximum absolute atomic E-state index is 13.0. The average molecular weight is 340 g/mol. The molecular formula is C15H20N2O5S. The van der Waals surface area contributed by atoms with Gasteiger partial charge < -0.3 is 10.0 Å². The minimum absolute atomic E-state index is 0.0445. The molecule has 1 unspecified atom stereocenters. The number of nitrogens with zero attached hydrogens (tertiary/aromatic N) is 2. The molecule has 1 heterocycles. The number of aromatic carboxylic acids is 1. The van der Waals surface area contributed by atoms with E-state index in [1.165, 1.54) is 37.1 Å². The molecule has 0 saturated carbocycles. The molecular weight excluding hydrogens is 320 g/mol. The summed E-state index contributed by atoms with van der Waals surface area (Å²) in [5.41, 5.74) is 0.434. The van der Waals surface area contributed by atoms with E-state index >= 15 is 0 Å². The van der Waals surface area contributed by atoms with E-state index in [9.17, 15) is 18.0 Å². The molecule has 1 atom stereocenters. The van der Waals surface area contributed by atoms with Gasteiger partial charge in [-0.05, 0) is 30.5 Å². The van der Waals surface area contributed by atoms with Crippen LogP contribution in [0.2, 0.25) is 0 Å². The first-order chi connectivity index (χ1) is 10.6. The first kappa shape index (κ1) is 17.4. The average Bonchev–Trinajstić information content (AvgIpc) is 2.74. The standard InChI is InChI=1S/C15H20N2O5S/c1-9(2)12-6-5-11(15(19)20)7-13(12)23(21,22)17-8-16(4)14(18)10(17)3/h5-7,9-10H,8H2,1-4H3,(H,19,20). The van der Waals surface area contributed by atoms with Crippen molar-refractivity contribution < 1.29 is 23.1 Å². The van der Waals surface area contributed by atoms with Crippen molar-refractivity contribution in [3.63, 3.8) is 0 Å². The normalized spacial score (nSPS) is 19.6. The van der Waals surface area contributed by atoms with Crippen molar-refractivity contribution in [2.24, 2.45) is 0 Å². The van der Waals surface area contributed by atoms with Gasteiger partial charge in [0.2, 0.25) is 15.9 Å². The zero-order chi connectivity index (χ0) is 17.5. The summed E-state index contributed by atoms with van der Waals surface area (Å²) in [7, 11) is -2.44. The molecule has 1 fully saturated rings. The van der Waals surface area contributed by atoms with E-state index in [1.54, 1.807) is 0 Å². The number of likely N-dealkylation sites (N-methyl/N-ethyl adjacent to an activating group) is 1. The molecule has 1 amide bonds. The van der Waals surface area contributed by atoms with Gasteiger partial charge in [0.05, 0.1) is 17.1 Å². The molecule has 0 spiro atoms. The molecule has 126 valence electrons. The van der Waals surface area contributed by atoms with E-state index in [1.807, 2.05) is 13.8 Å². The van der Waals surface area contributed by atoms with Gasteiger partial charge in [-0.1, -0.05) is 19.9 Å². The Bertz CT molecular complexity index is 757. The van der Waals surface area contributed by atoms with Gasteiger partial charge in [0.15, 0.2) is 0 Å². The molecule has 8 heteroatoms. The second kappa shape index (κ2) is 5.93. The highest BCUT2D eigenvalue weighted by atomic mass is 32.2. The van der Waals surface area contributed by atoms with Crippen LogP contribution in [0.4, 0.5) is 0 Å². The fourth-order valence-electron chi connectivity index (χ4n) is 2.62. The van der Waals surface area contributed by atoms with Crippen molar-refractivity contribution in [2.45, 2.75) is 37.6 Å². The van der Waals surface area contributed by atoms with Crippen LogP contribution in [0.3, 0.4) is 0 Å². The summed E-state index contributed by atoms with van der Waals surface area (Å²) in [6, 6.07) is 3.27. The molecule has 23 heavy (non-hydrogen) atoms. The molecule has 2 rings (SSSR count). The molecule has 1 aliphatic heterocycles. The van der Waals surface area contributed by atoms with Crippen LogP contribution >= 0.6 is 0 Å². The van der Waals surface area contributed by atoms with Crippen LogP contribution in [0.15, 0.2) is 23.1 Å². The van der Waals surface area contributed by atoms with Gasteiger partial charge in [-0.3, -0.25) is 4.79 Å². The van der Waals surface area contributed by atoms with Gasteiger partial charge >= 0.3 is 5.97 Å². The molecule has 1 aliphatic rings. The Morgan fingerprint density at radius 2 is 1.96 bits per heavy atom.